The van der Waals surface area contributed by atoms with Gasteiger partial charge >= 0.3 is 0 Å². The molecular formula is C25H33N3O2. The normalized spacial score (nSPS) is 19.8. The van der Waals surface area contributed by atoms with Crippen LogP contribution in [0.5, 0.6) is 5.75 Å². The van der Waals surface area contributed by atoms with E-state index in [0.717, 1.165) is 57.0 Å². The minimum atomic E-state index is 0.00645. The van der Waals surface area contributed by atoms with Crippen LogP contribution in [0.1, 0.15) is 25.3 Å². The first-order chi connectivity index (χ1) is 14.6. The van der Waals surface area contributed by atoms with Crippen LogP contribution in [0.15, 0.2) is 54.6 Å². The van der Waals surface area contributed by atoms with Gasteiger partial charge in [0, 0.05) is 26.1 Å². The molecule has 2 aliphatic rings. The van der Waals surface area contributed by atoms with Gasteiger partial charge in [0.1, 0.15) is 11.9 Å². The van der Waals surface area contributed by atoms with E-state index in [1.165, 1.54) is 5.56 Å². The van der Waals surface area contributed by atoms with Crippen molar-refractivity contribution in [1.82, 2.24) is 9.80 Å². The molecule has 1 saturated heterocycles. The van der Waals surface area contributed by atoms with E-state index in [4.69, 9.17) is 4.74 Å². The zero-order valence-corrected chi connectivity index (χ0v) is 18.2. The number of amides is 1. The molecule has 1 amide bonds. The van der Waals surface area contributed by atoms with Crippen LogP contribution in [0.2, 0.25) is 0 Å². The Morgan fingerprint density at radius 1 is 1.07 bits per heavy atom. The number of fused-ring (bicyclic) bond motifs is 1. The lowest BCUT2D eigenvalue weighted by molar-refractivity contribution is -0.136. The van der Waals surface area contributed by atoms with Gasteiger partial charge in [-0.15, -0.1) is 0 Å². The van der Waals surface area contributed by atoms with Crippen molar-refractivity contribution in [1.29, 1.82) is 0 Å². The number of piperidine rings is 1. The van der Waals surface area contributed by atoms with Gasteiger partial charge in [0.25, 0.3) is 0 Å². The minimum Gasteiger partial charge on any atom is -0.485 e. The molecule has 2 aromatic carbocycles. The van der Waals surface area contributed by atoms with E-state index >= 15 is 0 Å². The van der Waals surface area contributed by atoms with Crippen molar-refractivity contribution in [2.75, 3.05) is 44.7 Å². The molecule has 2 aliphatic heterocycles. The van der Waals surface area contributed by atoms with Gasteiger partial charge < -0.3 is 14.5 Å². The Hall–Kier alpha value is -2.53. The van der Waals surface area contributed by atoms with E-state index in [1.807, 2.05) is 30.1 Å². The predicted molar refractivity (Wildman–Crippen MR) is 121 cm³/mol. The molecular weight excluding hydrogens is 374 g/mol. The summed E-state index contributed by atoms with van der Waals surface area (Å²) >= 11 is 0. The summed E-state index contributed by atoms with van der Waals surface area (Å²) in [5.74, 6) is 1.31. The Bertz CT molecular complexity index is 833. The van der Waals surface area contributed by atoms with Gasteiger partial charge in [-0.25, -0.2) is 0 Å². The Balaban J connectivity index is 1.28. The summed E-state index contributed by atoms with van der Waals surface area (Å²) in [5, 5.41) is 0. The van der Waals surface area contributed by atoms with E-state index in [2.05, 4.69) is 53.1 Å². The lowest BCUT2D eigenvalue weighted by Gasteiger charge is -2.38. The van der Waals surface area contributed by atoms with Crippen LogP contribution in [0.3, 0.4) is 0 Å². The third-order valence-electron chi connectivity index (χ3n) is 6.34. The van der Waals surface area contributed by atoms with Crippen molar-refractivity contribution in [3.05, 3.63) is 60.2 Å². The Morgan fingerprint density at radius 2 is 1.77 bits per heavy atom. The number of anilines is 1. The molecule has 0 aliphatic carbocycles. The molecule has 2 aromatic rings. The monoisotopic (exact) mass is 407 g/mol. The molecule has 0 aromatic heterocycles. The standard InChI is InChI=1S/C25H33N3O2/c1-3-28-19-22(30-24-12-8-7-11-23(24)28)18-26(2)25(29)21-13-15-27(16-14-21)17-20-9-5-4-6-10-20/h4-12,21-22H,3,13-19H2,1-2H3/t22-/m0/s1. The maximum atomic E-state index is 13.1. The summed E-state index contributed by atoms with van der Waals surface area (Å²) in [6, 6.07) is 18.8. The maximum absolute atomic E-state index is 13.1. The van der Waals surface area contributed by atoms with Gasteiger partial charge in [-0.3, -0.25) is 9.69 Å². The van der Waals surface area contributed by atoms with Crippen molar-refractivity contribution in [2.45, 2.75) is 32.4 Å². The molecule has 0 saturated carbocycles. The van der Waals surface area contributed by atoms with Crippen molar-refractivity contribution in [2.24, 2.45) is 5.92 Å². The SMILES string of the molecule is CCN1C[C@H](CN(C)C(=O)C2CCN(Cc3ccccc3)CC2)Oc2ccccc21. The Morgan fingerprint density at radius 3 is 2.50 bits per heavy atom. The van der Waals surface area contributed by atoms with Gasteiger partial charge in [-0.1, -0.05) is 42.5 Å². The second-order valence-corrected chi connectivity index (χ2v) is 8.50. The van der Waals surface area contributed by atoms with Crippen molar-refractivity contribution in [3.8, 4) is 5.75 Å². The molecule has 30 heavy (non-hydrogen) atoms. The quantitative estimate of drug-likeness (QED) is 0.732. The number of carbonyl (C=O) groups excluding carboxylic acids is 1. The third kappa shape index (κ3) is 4.78. The van der Waals surface area contributed by atoms with Gasteiger partial charge in [0.15, 0.2) is 0 Å². The second-order valence-electron chi connectivity index (χ2n) is 8.50. The summed E-state index contributed by atoms with van der Waals surface area (Å²) in [4.78, 5) is 19.8. The van der Waals surface area contributed by atoms with E-state index in [1.54, 1.807) is 0 Å². The van der Waals surface area contributed by atoms with Crippen LogP contribution in [-0.4, -0.2) is 61.6 Å². The topological polar surface area (TPSA) is 36.0 Å². The molecule has 0 N–H and O–H groups in total. The number of likely N-dealkylation sites (N-methyl/N-ethyl adjacent to an activating group) is 2. The highest BCUT2D eigenvalue weighted by molar-refractivity contribution is 5.78. The van der Waals surface area contributed by atoms with Crippen LogP contribution in [0.25, 0.3) is 0 Å². The molecule has 1 fully saturated rings. The smallest absolute Gasteiger partial charge is 0.225 e. The zero-order valence-electron chi connectivity index (χ0n) is 18.2. The number of carbonyl (C=O) groups is 1. The van der Waals surface area contributed by atoms with Crippen LogP contribution in [0.4, 0.5) is 5.69 Å². The number of para-hydroxylation sites is 2. The van der Waals surface area contributed by atoms with Gasteiger partial charge in [0.05, 0.1) is 18.8 Å². The molecule has 5 nitrogen and oxygen atoms in total. The maximum Gasteiger partial charge on any atom is 0.225 e. The van der Waals surface area contributed by atoms with Gasteiger partial charge in [0.2, 0.25) is 5.91 Å². The van der Waals surface area contributed by atoms with Crippen molar-refractivity contribution in [3.63, 3.8) is 0 Å². The van der Waals surface area contributed by atoms with Crippen LogP contribution < -0.4 is 9.64 Å². The minimum absolute atomic E-state index is 0.00645. The lowest BCUT2D eigenvalue weighted by atomic mass is 9.95. The fourth-order valence-electron chi connectivity index (χ4n) is 4.66. The van der Waals surface area contributed by atoms with Crippen molar-refractivity contribution >= 4 is 11.6 Å². The predicted octanol–water partition coefficient (Wildman–Crippen LogP) is 3.64. The van der Waals surface area contributed by atoms with Gasteiger partial charge in [-0.2, -0.15) is 0 Å². The average molecular weight is 408 g/mol. The number of hydrogen-bond donors (Lipinski definition) is 0. The second kappa shape index (κ2) is 9.52. The first-order valence-corrected chi connectivity index (χ1v) is 11.2. The molecule has 0 radical (unpaired) electrons. The summed E-state index contributed by atoms with van der Waals surface area (Å²) in [6.45, 7) is 7.49. The first-order valence-electron chi connectivity index (χ1n) is 11.2. The van der Waals surface area contributed by atoms with E-state index in [-0.39, 0.29) is 17.9 Å². The fraction of sp³-hybridized carbons (Fsp3) is 0.480. The summed E-state index contributed by atoms with van der Waals surface area (Å²) in [7, 11) is 1.93. The summed E-state index contributed by atoms with van der Waals surface area (Å²) < 4.78 is 6.21. The van der Waals surface area contributed by atoms with E-state index < -0.39 is 0 Å². The average Bonchev–Trinajstić information content (AvgIpc) is 2.79. The van der Waals surface area contributed by atoms with Crippen LogP contribution >= 0.6 is 0 Å². The summed E-state index contributed by atoms with van der Waals surface area (Å²) in [5.41, 5.74) is 2.49. The largest absolute Gasteiger partial charge is 0.485 e. The molecule has 0 bridgehead atoms. The molecule has 0 spiro atoms. The lowest BCUT2D eigenvalue weighted by Crippen LogP contribution is -2.48. The molecule has 160 valence electrons. The number of likely N-dealkylation sites (tertiary alicyclic amines) is 1. The fourth-order valence-corrected chi connectivity index (χ4v) is 4.66. The van der Waals surface area contributed by atoms with E-state index in [0.29, 0.717) is 6.54 Å². The highest BCUT2D eigenvalue weighted by atomic mass is 16.5. The molecule has 2 heterocycles. The Labute approximate surface area is 180 Å². The first kappa shape index (κ1) is 20.7. The van der Waals surface area contributed by atoms with Crippen molar-refractivity contribution < 1.29 is 9.53 Å². The highest BCUT2D eigenvalue weighted by Gasteiger charge is 2.31. The number of ether oxygens (including phenoxy) is 1. The van der Waals surface area contributed by atoms with Gasteiger partial charge in [-0.05, 0) is 50.6 Å². The molecule has 5 heteroatoms. The molecule has 1 atom stereocenters. The molecule has 0 unspecified atom stereocenters. The third-order valence-corrected chi connectivity index (χ3v) is 6.34. The number of nitrogens with zero attached hydrogens (tertiary/aromatic N) is 3. The number of rotatable bonds is 6. The van der Waals surface area contributed by atoms with Crippen LogP contribution in [-0.2, 0) is 11.3 Å². The zero-order chi connectivity index (χ0) is 20.9. The number of benzene rings is 2. The highest BCUT2D eigenvalue weighted by Crippen LogP contribution is 2.33. The summed E-state index contributed by atoms with van der Waals surface area (Å²) in [6.07, 6.45) is 1.88. The Kier molecular flexibility index (Phi) is 6.58. The van der Waals surface area contributed by atoms with E-state index in [9.17, 15) is 4.79 Å². The number of hydrogen-bond acceptors (Lipinski definition) is 4. The molecule has 4 rings (SSSR count). The van der Waals surface area contributed by atoms with Crippen LogP contribution in [0, 0.1) is 5.92 Å².